The normalized spacial score (nSPS) is 16.4. The largest absolute Gasteiger partial charge is 0.494 e. The molecule has 0 spiro atoms. The van der Waals surface area contributed by atoms with Crippen LogP contribution in [-0.2, 0) is 4.79 Å². The highest BCUT2D eigenvalue weighted by atomic mass is 19.1. The molecule has 2 aromatic rings. The van der Waals surface area contributed by atoms with Gasteiger partial charge >= 0.3 is 0 Å². The average Bonchev–Trinajstić information content (AvgIpc) is 3.15. The van der Waals surface area contributed by atoms with Crippen molar-refractivity contribution < 1.29 is 13.9 Å². The van der Waals surface area contributed by atoms with E-state index in [1.54, 1.807) is 17.1 Å². The summed E-state index contributed by atoms with van der Waals surface area (Å²) in [6.45, 7) is 6.93. The van der Waals surface area contributed by atoms with Crippen molar-refractivity contribution in [3.63, 3.8) is 0 Å². The predicted octanol–water partition coefficient (Wildman–Crippen LogP) is 4.24. The average molecular weight is 397 g/mol. The van der Waals surface area contributed by atoms with Crippen molar-refractivity contribution in [2.45, 2.75) is 39.3 Å². The second-order valence-corrected chi connectivity index (χ2v) is 7.52. The molecule has 0 aliphatic carbocycles. The van der Waals surface area contributed by atoms with Crippen LogP contribution in [0, 0.1) is 5.82 Å². The molecule has 5 nitrogen and oxygen atoms in total. The van der Waals surface area contributed by atoms with Crippen molar-refractivity contribution in [3.05, 3.63) is 65.5 Å². The first-order valence-corrected chi connectivity index (χ1v) is 9.97. The highest BCUT2D eigenvalue weighted by Gasteiger charge is 2.33. The van der Waals surface area contributed by atoms with Gasteiger partial charge in [0.15, 0.2) is 0 Å². The monoisotopic (exact) mass is 397 g/mol. The Hall–Kier alpha value is -2.73. The number of carbonyl (C=O) groups excluding carboxylic acids is 1. The van der Waals surface area contributed by atoms with E-state index in [-0.39, 0.29) is 30.4 Å². The molecule has 1 aliphatic heterocycles. The van der Waals surface area contributed by atoms with Crippen molar-refractivity contribution in [3.8, 4) is 5.75 Å². The zero-order valence-corrected chi connectivity index (χ0v) is 17.4. The lowest BCUT2D eigenvalue weighted by molar-refractivity contribution is -0.134. The van der Waals surface area contributed by atoms with Crippen LogP contribution >= 0.6 is 0 Å². The molecule has 0 fully saturated rings. The van der Waals surface area contributed by atoms with Gasteiger partial charge in [-0.25, -0.2) is 9.40 Å². The van der Waals surface area contributed by atoms with E-state index in [1.165, 1.54) is 12.1 Å². The van der Waals surface area contributed by atoms with Gasteiger partial charge in [-0.1, -0.05) is 24.3 Å². The molecule has 1 atom stereocenters. The molecule has 0 aromatic heterocycles. The lowest BCUT2D eigenvalue weighted by Crippen LogP contribution is -2.39. The van der Waals surface area contributed by atoms with E-state index in [9.17, 15) is 9.18 Å². The summed E-state index contributed by atoms with van der Waals surface area (Å²) in [5.74, 6) is 0.449. The summed E-state index contributed by atoms with van der Waals surface area (Å²) in [6, 6.07) is 14.1. The van der Waals surface area contributed by atoms with E-state index < -0.39 is 0 Å². The molecule has 1 heterocycles. The molecule has 1 aliphatic rings. The maximum absolute atomic E-state index is 13.3. The highest BCUT2D eigenvalue weighted by Crippen LogP contribution is 2.33. The van der Waals surface area contributed by atoms with Crippen LogP contribution in [0.25, 0.3) is 0 Å². The molecule has 1 unspecified atom stereocenters. The number of ether oxygens (including phenoxy) is 1. The number of halogens is 1. The highest BCUT2D eigenvalue weighted by molar-refractivity contribution is 6.03. The third-order valence-corrected chi connectivity index (χ3v) is 5.19. The number of benzene rings is 2. The van der Waals surface area contributed by atoms with E-state index in [0.29, 0.717) is 13.0 Å². The van der Waals surface area contributed by atoms with Gasteiger partial charge in [0.25, 0.3) is 5.91 Å². The van der Waals surface area contributed by atoms with Crippen molar-refractivity contribution in [2.75, 3.05) is 20.2 Å². The molecule has 154 valence electrons. The van der Waals surface area contributed by atoms with Gasteiger partial charge in [0.05, 0.1) is 24.9 Å². The van der Waals surface area contributed by atoms with E-state index in [1.807, 2.05) is 43.1 Å². The summed E-state index contributed by atoms with van der Waals surface area (Å²) in [5.41, 5.74) is 2.61. The zero-order chi connectivity index (χ0) is 21.0. The van der Waals surface area contributed by atoms with Crippen molar-refractivity contribution in [1.82, 2.24) is 9.91 Å². The minimum atomic E-state index is -0.290. The molecular formula is C23H28FN3O2. The van der Waals surface area contributed by atoms with Crippen molar-refractivity contribution in [1.29, 1.82) is 0 Å². The van der Waals surface area contributed by atoms with Gasteiger partial charge in [0, 0.05) is 12.5 Å². The molecule has 1 amide bonds. The fourth-order valence-electron chi connectivity index (χ4n) is 3.24. The standard InChI is InChI=1S/C23H28FN3O2/c1-5-29-20-12-8-18(9-13-20)22-14-21(17-6-10-19(24)11-7-17)25-27(22)23(28)15-26(4)16(2)3/h6-13,16,22H,5,14-15H2,1-4H3. The summed E-state index contributed by atoms with van der Waals surface area (Å²) in [4.78, 5) is 15.0. The Morgan fingerprint density at radius 3 is 2.45 bits per heavy atom. The Labute approximate surface area is 171 Å². The quantitative estimate of drug-likeness (QED) is 0.702. The van der Waals surface area contributed by atoms with Crippen LogP contribution in [0.15, 0.2) is 53.6 Å². The molecule has 0 saturated carbocycles. The topological polar surface area (TPSA) is 45.1 Å². The molecule has 0 radical (unpaired) electrons. The van der Waals surface area contributed by atoms with Crippen LogP contribution in [0.2, 0.25) is 0 Å². The molecule has 2 aromatic carbocycles. The number of nitrogens with zero attached hydrogens (tertiary/aromatic N) is 3. The summed E-state index contributed by atoms with van der Waals surface area (Å²) < 4.78 is 18.8. The lowest BCUT2D eigenvalue weighted by Gasteiger charge is -2.26. The Bertz CT molecular complexity index is 863. The summed E-state index contributed by atoms with van der Waals surface area (Å²) in [5, 5.41) is 6.21. The first kappa shape index (κ1) is 21.0. The van der Waals surface area contributed by atoms with Gasteiger partial charge in [-0.15, -0.1) is 0 Å². The Morgan fingerprint density at radius 1 is 1.21 bits per heavy atom. The number of hydrogen-bond acceptors (Lipinski definition) is 4. The number of hydrazone groups is 1. The van der Waals surface area contributed by atoms with Crippen LogP contribution < -0.4 is 4.74 Å². The maximum atomic E-state index is 13.3. The van der Waals surface area contributed by atoms with Crippen LogP contribution in [0.3, 0.4) is 0 Å². The van der Waals surface area contributed by atoms with Crippen LogP contribution in [-0.4, -0.2) is 47.8 Å². The molecule has 0 bridgehead atoms. The first-order valence-electron chi connectivity index (χ1n) is 9.97. The predicted molar refractivity (Wildman–Crippen MR) is 113 cm³/mol. The van der Waals surface area contributed by atoms with Crippen LogP contribution in [0.4, 0.5) is 4.39 Å². The fraction of sp³-hybridized carbons (Fsp3) is 0.391. The fourth-order valence-corrected chi connectivity index (χ4v) is 3.24. The minimum Gasteiger partial charge on any atom is -0.494 e. The third kappa shape index (κ3) is 5.01. The van der Waals surface area contributed by atoms with Gasteiger partial charge in [0.1, 0.15) is 11.6 Å². The van der Waals surface area contributed by atoms with E-state index in [2.05, 4.69) is 18.9 Å². The van der Waals surface area contributed by atoms with Gasteiger partial charge in [0.2, 0.25) is 0 Å². The smallest absolute Gasteiger partial charge is 0.257 e. The SMILES string of the molecule is CCOc1ccc(C2CC(c3ccc(F)cc3)=NN2C(=O)CN(C)C(C)C)cc1. The second kappa shape index (κ2) is 9.18. The zero-order valence-electron chi connectivity index (χ0n) is 17.4. The molecule has 0 N–H and O–H groups in total. The summed E-state index contributed by atoms with van der Waals surface area (Å²) in [7, 11) is 1.93. The molecule has 29 heavy (non-hydrogen) atoms. The molecule has 6 heteroatoms. The van der Waals surface area contributed by atoms with Gasteiger partial charge in [-0.2, -0.15) is 5.10 Å². The van der Waals surface area contributed by atoms with Gasteiger partial charge in [-0.3, -0.25) is 9.69 Å². The van der Waals surface area contributed by atoms with Crippen molar-refractivity contribution in [2.24, 2.45) is 5.10 Å². The van der Waals surface area contributed by atoms with E-state index in [4.69, 9.17) is 4.74 Å². The lowest BCUT2D eigenvalue weighted by atomic mass is 9.98. The van der Waals surface area contributed by atoms with Gasteiger partial charge < -0.3 is 4.74 Å². The number of carbonyl (C=O) groups is 1. The number of rotatable bonds is 7. The first-order chi connectivity index (χ1) is 13.9. The Balaban J connectivity index is 1.88. The maximum Gasteiger partial charge on any atom is 0.257 e. The van der Waals surface area contributed by atoms with E-state index >= 15 is 0 Å². The van der Waals surface area contributed by atoms with E-state index in [0.717, 1.165) is 22.6 Å². The van der Waals surface area contributed by atoms with Gasteiger partial charge in [-0.05, 0) is 63.2 Å². The van der Waals surface area contributed by atoms with Crippen LogP contribution in [0.5, 0.6) is 5.75 Å². The molecule has 3 rings (SSSR count). The third-order valence-electron chi connectivity index (χ3n) is 5.19. The number of likely N-dealkylation sites (N-methyl/N-ethyl adjacent to an activating group) is 1. The second-order valence-electron chi connectivity index (χ2n) is 7.52. The molecule has 0 saturated heterocycles. The Morgan fingerprint density at radius 2 is 1.86 bits per heavy atom. The van der Waals surface area contributed by atoms with Crippen LogP contribution in [0.1, 0.15) is 44.4 Å². The minimum absolute atomic E-state index is 0.0582. The number of hydrogen-bond donors (Lipinski definition) is 0. The summed E-state index contributed by atoms with van der Waals surface area (Å²) >= 11 is 0. The number of amides is 1. The molecular weight excluding hydrogens is 369 g/mol. The Kier molecular flexibility index (Phi) is 6.64. The van der Waals surface area contributed by atoms with Crippen molar-refractivity contribution >= 4 is 11.6 Å². The summed E-state index contributed by atoms with van der Waals surface area (Å²) in [6.07, 6.45) is 0.580.